The van der Waals surface area contributed by atoms with Crippen LogP contribution in [-0.2, 0) is 13.2 Å². The number of rotatable bonds is 4. The molecular weight excluding hydrogens is 226 g/mol. The van der Waals surface area contributed by atoms with E-state index in [-0.39, 0.29) is 0 Å². The highest BCUT2D eigenvalue weighted by Crippen LogP contribution is 2.21. The maximum absolute atomic E-state index is 5.82. The van der Waals surface area contributed by atoms with Crippen molar-refractivity contribution in [2.45, 2.75) is 33.9 Å². The minimum Gasteiger partial charge on any atom is -0.487 e. The Labute approximate surface area is 107 Å². The smallest absolute Gasteiger partial charge is 0.132 e. The van der Waals surface area contributed by atoms with Crippen molar-refractivity contribution >= 4 is 0 Å². The first-order valence-corrected chi connectivity index (χ1v) is 6.04. The maximum atomic E-state index is 5.82. The molecule has 4 nitrogen and oxygen atoms in total. The van der Waals surface area contributed by atoms with Crippen LogP contribution in [0.2, 0.25) is 0 Å². The Morgan fingerprint density at radius 1 is 1.28 bits per heavy atom. The lowest BCUT2D eigenvalue weighted by atomic mass is 10.1. The van der Waals surface area contributed by atoms with Crippen LogP contribution in [-0.4, -0.2) is 10.2 Å². The van der Waals surface area contributed by atoms with Gasteiger partial charge in [0.2, 0.25) is 0 Å². The Morgan fingerprint density at radius 3 is 2.78 bits per heavy atom. The Balaban J connectivity index is 2.13. The molecule has 0 atom stereocenters. The van der Waals surface area contributed by atoms with Crippen molar-refractivity contribution in [3.63, 3.8) is 0 Å². The van der Waals surface area contributed by atoms with Gasteiger partial charge in [-0.05, 0) is 38.0 Å². The highest BCUT2D eigenvalue weighted by atomic mass is 16.5. The van der Waals surface area contributed by atoms with Gasteiger partial charge < -0.3 is 10.5 Å². The average molecular weight is 245 g/mol. The number of ether oxygens (including phenoxy) is 1. The fourth-order valence-corrected chi connectivity index (χ4v) is 1.90. The molecule has 96 valence electrons. The molecule has 0 radical (unpaired) electrons. The lowest BCUT2D eigenvalue weighted by Gasteiger charge is -2.09. The second-order valence-electron chi connectivity index (χ2n) is 4.54. The van der Waals surface area contributed by atoms with Gasteiger partial charge in [0.1, 0.15) is 18.1 Å². The molecule has 0 aliphatic carbocycles. The molecule has 1 aromatic heterocycles. The molecule has 3 N–H and O–H groups in total. The number of H-pyrrole nitrogens is 1. The van der Waals surface area contributed by atoms with E-state index in [4.69, 9.17) is 10.5 Å². The molecule has 1 heterocycles. The highest BCUT2D eigenvalue weighted by Gasteiger charge is 2.09. The summed E-state index contributed by atoms with van der Waals surface area (Å²) in [6.07, 6.45) is 0. The van der Waals surface area contributed by atoms with Crippen LogP contribution in [0.5, 0.6) is 5.75 Å². The van der Waals surface area contributed by atoms with Gasteiger partial charge in [-0.15, -0.1) is 0 Å². The number of benzene rings is 1. The van der Waals surface area contributed by atoms with Gasteiger partial charge in [0.15, 0.2) is 0 Å². The van der Waals surface area contributed by atoms with E-state index in [1.807, 2.05) is 19.9 Å². The number of hydrogen-bond donors (Lipinski definition) is 2. The van der Waals surface area contributed by atoms with Crippen LogP contribution in [0.4, 0.5) is 0 Å². The van der Waals surface area contributed by atoms with Crippen LogP contribution < -0.4 is 10.5 Å². The summed E-state index contributed by atoms with van der Waals surface area (Å²) < 4.78 is 5.82. The van der Waals surface area contributed by atoms with E-state index in [0.29, 0.717) is 13.2 Å². The Kier molecular flexibility index (Phi) is 3.67. The Bertz CT molecular complexity index is 546. The monoisotopic (exact) mass is 245 g/mol. The van der Waals surface area contributed by atoms with Gasteiger partial charge >= 0.3 is 0 Å². The van der Waals surface area contributed by atoms with E-state index < -0.39 is 0 Å². The number of nitrogens with two attached hydrogens (primary N) is 1. The number of hydrogen-bond acceptors (Lipinski definition) is 3. The summed E-state index contributed by atoms with van der Waals surface area (Å²) in [5, 5.41) is 7.16. The lowest BCUT2D eigenvalue weighted by molar-refractivity contribution is 0.297. The molecule has 0 bridgehead atoms. The van der Waals surface area contributed by atoms with Crippen LogP contribution in [0.15, 0.2) is 18.2 Å². The molecule has 0 spiro atoms. The summed E-state index contributed by atoms with van der Waals surface area (Å²) in [6, 6.07) is 6.17. The van der Waals surface area contributed by atoms with Crippen LogP contribution >= 0.6 is 0 Å². The third-order valence-electron chi connectivity index (χ3n) is 3.07. The molecule has 0 saturated heterocycles. The molecule has 0 unspecified atom stereocenters. The molecule has 0 fully saturated rings. The first kappa shape index (κ1) is 12.6. The first-order chi connectivity index (χ1) is 8.61. The van der Waals surface area contributed by atoms with Crippen LogP contribution in [0, 0.1) is 20.8 Å². The normalized spacial score (nSPS) is 10.7. The molecule has 0 saturated carbocycles. The minimum absolute atomic E-state index is 0.446. The van der Waals surface area contributed by atoms with E-state index in [1.54, 1.807) is 0 Å². The standard InChI is InChI=1S/C14H19N3O/c1-9-4-5-10(2)14(6-9)18-8-13-12(7-15)11(3)16-17-13/h4-6H,7-8,15H2,1-3H3,(H,16,17). The van der Waals surface area contributed by atoms with Gasteiger partial charge in [-0.25, -0.2) is 0 Å². The molecule has 2 rings (SSSR count). The van der Waals surface area contributed by atoms with Crippen molar-refractivity contribution in [3.8, 4) is 5.75 Å². The molecule has 4 heteroatoms. The molecule has 0 aliphatic rings. The zero-order valence-corrected chi connectivity index (χ0v) is 11.1. The molecule has 1 aromatic carbocycles. The van der Waals surface area contributed by atoms with Gasteiger partial charge in [-0.1, -0.05) is 12.1 Å². The minimum atomic E-state index is 0.446. The van der Waals surface area contributed by atoms with Gasteiger partial charge in [0, 0.05) is 17.8 Å². The van der Waals surface area contributed by atoms with E-state index in [1.165, 1.54) is 5.56 Å². The fourth-order valence-electron chi connectivity index (χ4n) is 1.90. The third kappa shape index (κ3) is 2.54. The van der Waals surface area contributed by atoms with Crippen molar-refractivity contribution in [1.29, 1.82) is 0 Å². The van der Waals surface area contributed by atoms with Gasteiger partial charge in [0.05, 0.1) is 0 Å². The zero-order valence-electron chi connectivity index (χ0n) is 11.1. The summed E-state index contributed by atoms with van der Waals surface area (Å²) in [6.45, 7) is 6.98. The molecule has 0 amide bonds. The quantitative estimate of drug-likeness (QED) is 0.869. The SMILES string of the molecule is Cc1ccc(C)c(OCc2n[nH]c(C)c2CN)c1. The van der Waals surface area contributed by atoms with E-state index in [2.05, 4.69) is 29.3 Å². The lowest BCUT2D eigenvalue weighted by Crippen LogP contribution is -2.05. The van der Waals surface area contributed by atoms with Crippen LogP contribution in [0.3, 0.4) is 0 Å². The largest absolute Gasteiger partial charge is 0.487 e. The van der Waals surface area contributed by atoms with E-state index in [0.717, 1.165) is 28.3 Å². The second kappa shape index (κ2) is 5.23. The summed E-state index contributed by atoms with van der Waals surface area (Å²) in [5.74, 6) is 0.902. The first-order valence-electron chi connectivity index (χ1n) is 6.04. The van der Waals surface area contributed by atoms with Crippen molar-refractivity contribution in [2.24, 2.45) is 5.73 Å². The zero-order chi connectivity index (χ0) is 13.1. The number of aromatic amines is 1. The van der Waals surface area contributed by atoms with Crippen molar-refractivity contribution in [2.75, 3.05) is 0 Å². The number of nitrogens with zero attached hydrogens (tertiary/aromatic N) is 1. The van der Waals surface area contributed by atoms with Crippen molar-refractivity contribution < 1.29 is 4.74 Å². The number of aromatic nitrogens is 2. The predicted molar refractivity (Wildman–Crippen MR) is 71.5 cm³/mol. The topological polar surface area (TPSA) is 63.9 Å². The second-order valence-corrected chi connectivity index (χ2v) is 4.54. The van der Waals surface area contributed by atoms with Crippen molar-refractivity contribution in [1.82, 2.24) is 10.2 Å². The maximum Gasteiger partial charge on any atom is 0.132 e. The molecular formula is C14H19N3O. The van der Waals surface area contributed by atoms with E-state index in [9.17, 15) is 0 Å². The number of aryl methyl sites for hydroxylation is 3. The third-order valence-corrected chi connectivity index (χ3v) is 3.07. The summed E-state index contributed by atoms with van der Waals surface area (Å²) in [4.78, 5) is 0. The molecule has 0 aliphatic heterocycles. The molecule has 18 heavy (non-hydrogen) atoms. The molecule has 2 aromatic rings. The average Bonchev–Trinajstić information content (AvgIpc) is 2.71. The summed E-state index contributed by atoms with van der Waals surface area (Å²) >= 11 is 0. The van der Waals surface area contributed by atoms with Gasteiger partial charge in [-0.2, -0.15) is 5.10 Å². The predicted octanol–water partition coefficient (Wildman–Crippen LogP) is 2.37. The van der Waals surface area contributed by atoms with Crippen LogP contribution in [0.25, 0.3) is 0 Å². The Morgan fingerprint density at radius 2 is 2.06 bits per heavy atom. The van der Waals surface area contributed by atoms with Crippen LogP contribution in [0.1, 0.15) is 28.1 Å². The number of nitrogens with one attached hydrogen (secondary N) is 1. The Hall–Kier alpha value is -1.81. The highest BCUT2D eigenvalue weighted by molar-refractivity contribution is 5.36. The van der Waals surface area contributed by atoms with Gasteiger partial charge in [-0.3, -0.25) is 5.10 Å². The van der Waals surface area contributed by atoms with E-state index >= 15 is 0 Å². The summed E-state index contributed by atoms with van der Waals surface area (Å²) in [7, 11) is 0. The van der Waals surface area contributed by atoms with Crippen molar-refractivity contribution in [3.05, 3.63) is 46.3 Å². The van der Waals surface area contributed by atoms with Gasteiger partial charge in [0.25, 0.3) is 0 Å². The summed E-state index contributed by atoms with van der Waals surface area (Å²) in [5.41, 5.74) is 11.0. The fraction of sp³-hybridized carbons (Fsp3) is 0.357.